The minimum atomic E-state index is -1.26. The van der Waals surface area contributed by atoms with Crippen LogP contribution in [0.2, 0.25) is 0 Å². The molecule has 5 rings (SSSR count). The molecule has 0 saturated carbocycles. The van der Waals surface area contributed by atoms with Gasteiger partial charge in [-0.1, -0.05) is 73.5 Å². The number of benzene rings is 2. The van der Waals surface area contributed by atoms with Crippen molar-refractivity contribution < 1.29 is 29.3 Å². The number of piperidine rings is 1. The summed E-state index contributed by atoms with van der Waals surface area (Å²) in [5.74, 6) is -1.92. The van der Waals surface area contributed by atoms with Crippen molar-refractivity contribution in [2.75, 3.05) is 26.2 Å². The van der Waals surface area contributed by atoms with Crippen LogP contribution in [0.15, 0.2) is 91.3 Å². The molecule has 0 amide bonds. The van der Waals surface area contributed by atoms with Gasteiger partial charge in [-0.3, -0.25) is 0 Å². The number of fused-ring (bicyclic) bond motifs is 1. The Morgan fingerprint density at radius 2 is 1.45 bits per heavy atom. The zero-order chi connectivity index (χ0) is 31.0. The van der Waals surface area contributed by atoms with Crippen LogP contribution in [0.25, 0.3) is 5.65 Å². The summed E-state index contributed by atoms with van der Waals surface area (Å²) in [5.41, 5.74) is 3.18. The van der Waals surface area contributed by atoms with Gasteiger partial charge in [-0.15, -0.1) is 14.8 Å². The van der Waals surface area contributed by atoms with Crippen LogP contribution in [0.1, 0.15) is 55.8 Å². The molecule has 1 aliphatic heterocycles. The molecule has 1 saturated heterocycles. The number of carbonyl (C=O) groups is 2. The van der Waals surface area contributed by atoms with E-state index in [2.05, 4.69) is 80.7 Å². The minimum absolute atomic E-state index is 0.000468. The number of nitrogens with zero attached hydrogens (tertiary/aromatic N) is 5. The molecule has 0 atom stereocenters. The lowest BCUT2D eigenvalue weighted by Gasteiger charge is -2.34. The highest BCUT2D eigenvalue weighted by molar-refractivity contribution is 5.89. The number of hydrogen-bond acceptors (Lipinski definition) is 8. The Morgan fingerprint density at radius 3 is 2.07 bits per heavy atom. The standard InChI is InChI=1S/C29H35N5O2.C4H4O4/c1(2-10-22-35-28-16-15-27-30-23-31-34(27)32-28)9-19-33-20-17-26(18-21-33)36-29(24-11-5-3-6-12-24)25-13-7-4-8-14-25;5-3(6)1-2-4(7)8/h3-8,11-16,23,26,29H,1-2,9-10,17-22H2;1-2H,(H,5,6)(H,7,8)/b;2-1+. The second-order valence-corrected chi connectivity index (χ2v) is 10.4. The van der Waals surface area contributed by atoms with Crippen LogP contribution in [0, 0.1) is 0 Å². The normalized spacial score (nSPS) is 14.0. The molecule has 0 unspecified atom stereocenters. The van der Waals surface area contributed by atoms with Gasteiger partial charge in [0.05, 0.1) is 12.7 Å². The summed E-state index contributed by atoms with van der Waals surface area (Å²) in [4.78, 5) is 25.8. The summed E-state index contributed by atoms with van der Waals surface area (Å²) in [6.07, 6.45) is 9.74. The molecule has 2 aromatic carbocycles. The number of unbranched alkanes of at least 4 members (excludes halogenated alkanes) is 3. The van der Waals surface area contributed by atoms with Crippen LogP contribution >= 0.6 is 0 Å². The Morgan fingerprint density at radius 1 is 0.841 bits per heavy atom. The smallest absolute Gasteiger partial charge is 0.328 e. The van der Waals surface area contributed by atoms with Gasteiger partial charge < -0.3 is 24.6 Å². The van der Waals surface area contributed by atoms with Crippen LogP contribution in [-0.4, -0.2) is 79.2 Å². The molecule has 2 aromatic heterocycles. The molecule has 0 aliphatic carbocycles. The lowest BCUT2D eigenvalue weighted by molar-refractivity contribution is -0.134. The van der Waals surface area contributed by atoms with Gasteiger partial charge in [0, 0.05) is 31.3 Å². The van der Waals surface area contributed by atoms with Crippen molar-refractivity contribution in [3.63, 3.8) is 0 Å². The monoisotopic (exact) mass is 601 g/mol. The maximum absolute atomic E-state index is 9.55. The fourth-order valence-corrected chi connectivity index (χ4v) is 4.96. The number of rotatable bonds is 14. The van der Waals surface area contributed by atoms with Crippen LogP contribution < -0.4 is 4.74 Å². The van der Waals surface area contributed by atoms with E-state index < -0.39 is 11.9 Å². The Kier molecular flexibility index (Phi) is 12.8. The highest BCUT2D eigenvalue weighted by atomic mass is 16.5. The molecule has 1 fully saturated rings. The zero-order valence-electron chi connectivity index (χ0n) is 24.6. The van der Waals surface area contributed by atoms with E-state index in [4.69, 9.17) is 19.7 Å². The first-order chi connectivity index (χ1) is 21.5. The van der Waals surface area contributed by atoms with E-state index in [1.165, 1.54) is 47.9 Å². The molecule has 0 spiro atoms. The molecule has 11 heteroatoms. The zero-order valence-corrected chi connectivity index (χ0v) is 24.6. The number of hydrogen-bond donors (Lipinski definition) is 2. The molecular formula is C33H39N5O6. The Hall–Kier alpha value is -4.61. The first-order valence-corrected chi connectivity index (χ1v) is 14.9. The highest BCUT2D eigenvalue weighted by Crippen LogP contribution is 2.30. The molecule has 4 aromatic rings. The van der Waals surface area contributed by atoms with Gasteiger partial charge in [0.25, 0.3) is 0 Å². The van der Waals surface area contributed by atoms with E-state index in [-0.39, 0.29) is 6.10 Å². The summed E-state index contributed by atoms with van der Waals surface area (Å²) in [6, 6.07) is 24.9. The average Bonchev–Trinajstić information content (AvgIpc) is 3.52. The lowest BCUT2D eigenvalue weighted by Crippen LogP contribution is -2.38. The van der Waals surface area contributed by atoms with Gasteiger partial charge in [0.1, 0.15) is 12.4 Å². The molecule has 3 heterocycles. The van der Waals surface area contributed by atoms with Gasteiger partial charge in [0.2, 0.25) is 5.88 Å². The first kappa shape index (κ1) is 32.3. The molecule has 232 valence electrons. The molecular weight excluding hydrogens is 562 g/mol. The van der Waals surface area contributed by atoms with E-state index in [0.29, 0.717) is 30.7 Å². The minimum Gasteiger partial charge on any atom is -0.478 e. The third kappa shape index (κ3) is 10.9. The van der Waals surface area contributed by atoms with Gasteiger partial charge in [-0.2, -0.15) is 0 Å². The Labute approximate surface area is 256 Å². The molecule has 0 bridgehead atoms. The van der Waals surface area contributed by atoms with E-state index in [1.54, 1.807) is 0 Å². The van der Waals surface area contributed by atoms with Crippen LogP contribution in [-0.2, 0) is 14.3 Å². The number of aromatic nitrogens is 4. The van der Waals surface area contributed by atoms with Gasteiger partial charge in [-0.25, -0.2) is 14.6 Å². The number of ether oxygens (including phenoxy) is 2. The maximum atomic E-state index is 9.55. The third-order valence-corrected chi connectivity index (χ3v) is 7.18. The quantitative estimate of drug-likeness (QED) is 0.149. The number of aliphatic carboxylic acids is 2. The van der Waals surface area contributed by atoms with Crippen molar-refractivity contribution in [1.82, 2.24) is 24.7 Å². The summed E-state index contributed by atoms with van der Waals surface area (Å²) in [5, 5.41) is 24.0. The lowest BCUT2D eigenvalue weighted by atomic mass is 10.00. The van der Waals surface area contributed by atoms with Crippen molar-refractivity contribution in [3.05, 3.63) is 102 Å². The van der Waals surface area contributed by atoms with Crippen molar-refractivity contribution in [1.29, 1.82) is 0 Å². The van der Waals surface area contributed by atoms with Gasteiger partial charge >= 0.3 is 11.9 Å². The molecule has 44 heavy (non-hydrogen) atoms. The summed E-state index contributed by atoms with van der Waals surface area (Å²) >= 11 is 0. The fraction of sp³-hybridized carbons (Fsp3) is 0.364. The largest absolute Gasteiger partial charge is 0.478 e. The van der Waals surface area contributed by atoms with E-state index >= 15 is 0 Å². The van der Waals surface area contributed by atoms with Gasteiger partial charge in [0.15, 0.2) is 5.65 Å². The third-order valence-electron chi connectivity index (χ3n) is 7.18. The average molecular weight is 602 g/mol. The van der Waals surface area contributed by atoms with Crippen molar-refractivity contribution in [2.24, 2.45) is 0 Å². The summed E-state index contributed by atoms with van der Waals surface area (Å²) < 4.78 is 13.9. The number of carboxylic acid groups (broad SMARTS) is 2. The predicted molar refractivity (Wildman–Crippen MR) is 164 cm³/mol. The second kappa shape index (κ2) is 17.5. The maximum Gasteiger partial charge on any atom is 0.328 e. The topological polar surface area (TPSA) is 139 Å². The van der Waals surface area contributed by atoms with Crippen LogP contribution in [0.4, 0.5) is 0 Å². The van der Waals surface area contributed by atoms with Crippen molar-refractivity contribution in [2.45, 2.75) is 50.7 Å². The Bertz CT molecular complexity index is 1400. The molecule has 11 nitrogen and oxygen atoms in total. The van der Waals surface area contributed by atoms with Crippen molar-refractivity contribution >= 4 is 17.6 Å². The number of likely N-dealkylation sites (tertiary alicyclic amines) is 1. The van der Waals surface area contributed by atoms with E-state index in [0.717, 1.165) is 38.0 Å². The Balaban J connectivity index is 0.000000488. The molecule has 1 aliphatic rings. The summed E-state index contributed by atoms with van der Waals surface area (Å²) in [7, 11) is 0. The first-order valence-electron chi connectivity index (χ1n) is 14.9. The predicted octanol–water partition coefficient (Wildman–Crippen LogP) is 5.05. The van der Waals surface area contributed by atoms with Gasteiger partial charge in [-0.05, 0) is 49.4 Å². The van der Waals surface area contributed by atoms with Crippen LogP contribution in [0.3, 0.4) is 0 Å². The number of carboxylic acids is 2. The van der Waals surface area contributed by atoms with E-state index in [9.17, 15) is 9.59 Å². The van der Waals surface area contributed by atoms with Crippen molar-refractivity contribution in [3.8, 4) is 5.88 Å². The second-order valence-electron chi connectivity index (χ2n) is 10.4. The van der Waals surface area contributed by atoms with E-state index in [1.807, 2.05) is 12.1 Å². The fourth-order valence-electron chi connectivity index (χ4n) is 4.96. The van der Waals surface area contributed by atoms with Crippen LogP contribution in [0.5, 0.6) is 5.88 Å². The SMILES string of the molecule is O=C(O)/C=C/C(=O)O.c1ccc(C(OC2CCN(CCCCCCOc3ccc4ncnn4n3)CC2)c2ccccc2)cc1. The summed E-state index contributed by atoms with van der Waals surface area (Å²) in [6.45, 7) is 4.07. The highest BCUT2D eigenvalue weighted by Gasteiger charge is 2.24. The molecule has 0 radical (unpaired) electrons. The molecule has 2 N–H and O–H groups in total.